The quantitative estimate of drug-likeness (QED) is 0.267. The van der Waals surface area contributed by atoms with Crippen LogP contribution in [0.4, 0.5) is 4.39 Å². The molecule has 4 aromatic carbocycles. The molecule has 0 unspecified atom stereocenters. The Balaban J connectivity index is 1.45. The van der Waals surface area contributed by atoms with E-state index in [-0.39, 0.29) is 5.82 Å². The van der Waals surface area contributed by atoms with Crippen LogP contribution in [0, 0.1) is 5.82 Å². The van der Waals surface area contributed by atoms with Gasteiger partial charge in [-0.15, -0.1) is 0 Å². The average Bonchev–Trinajstić information content (AvgIpc) is 2.84. The van der Waals surface area contributed by atoms with Crippen molar-refractivity contribution < 1.29 is 4.39 Å². The summed E-state index contributed by atoms with van der Waals surface area (Å²) in [7, 11) is 0. The number of hydrogen-bond acceptors (Lipinski definition) is 0. The molecule has 1 heteroatoms. The summed E-state index contributed by atoms with van der Waals surface area (Å²) in [5.74, 6) is -0.168. The fraction of sp³-hybridized carbons (Fsp3) is 0.226. The van der Waals surface area contributed by atoms with Crippen LogP contribution in [-0.2, 0) is 25.7 Å². The fourth-order valence-corrected chi connectivity index (χ4v) is 4.32. The monoisotopic (exact) mass is 422 g/mol. The summed E-state index contributed by atoms with van der Waals surface area (Å²) in [5.41, 5.74) is 8.88. The largest absolute Gasteiger partial charge is 0.206 e. The lowest BCUT2D eigenvalue weighted by Gasteiger charge is -2.11. The summed E-state index contributed by atoms with van der Waals surface area (Å²) in [6.07, 6.45) is 5.26. The maximum Gasteiger partial charge on any atom is 0.131 e. The highest BCUT2D eigenvalue weighted by molar-refractivity contribution is 5.73. The molecule has 0 atom stereocenters. The Morgan fingerprint density at radius 1 is 0.562 bits per heavy atom. The first-order valence-electron chi connectivity index (χ1n) is 11.7. The smallest absolute Gasteiger partial charge is 0.131 e. The summed E-state index contributed by atoms with van der Waals surface area (Å²) in [6.45, 7) is 4.32. The molecule has 0 heterocycles. The lowest BCUT2D eigenvalue weighted by atomic mass is 9.95. The van der Waals surface area contributed by atoms with Crippen LogP contribution in [0.25, 0.3) is 22.3 Å². The molecule has 0 saturated carbocycles. The summed E-state index contributed by atoms with van der Waals surface area (Å²) < 4.78 is 15.0. The van der Waals surface area contributed by atoms with E-state index in [0.717, 1.165) is 42.4 Å². The molecule has 0 amide bonds. The van der Waals surface area contributed by atoms with Gasteiger partial charge >= 0.3 is 0 Å². The molecule has 0 bridgehead atoms. The van der Waals surface area contributed by atoms with Crippen molar-refractivity contribution >= 4 is 0 Å². The summed E-state index contributed by atoms with van der Waals surface area (Å²) in [4.78, 5) is 0. The Bertz CT molecular complexity index is 1150. The maximum atomic E-state index is 15.0. The summed E-state index contributed by atoms with van der Waals surface area (Å²) in [6, 6.07) is 31.2. The van der Waals surface area contributed by atoms with Gasteiger partial charge in [-0.2, -0.15) is 0 Å². The highest BCUT2D eigenvalue weighted by Gasteiger charge is 2.10. The zero-order valence-electron chi connectivity index (χ0n) is 19.1. The Hall–Kier alpha value is -3.19. The van der Waals surface area contributed by atoms with E-state index >= 15 is 4.39 Å². The van der Waals surface area contributed by atoms with Gasteiger partial charge in [0, 0.05) is 5.56 Å². The molecule has 0 aromatic heterocycles. The van der Waals surface area contributed by atoms with Gasteiger partial charge in [0.15, 0.2) is 0 Å². The third kappa shape index (κ3) is 5.16. The van der Waals surface area contributed by atoms with Crippen molar-refractivity contribution in [2.45, 2.75) is 46.0 Å². The Labute approximate surface area is 191 Å². The normalized spacial score (nSPS) is 11.0. The van der Waals surface area contributed by atoms with Crippen LogP contribution in [0.3, 0.4) is 0 Å². The van der Waals surface area contributed by atoms with Gasteiger partial charge in [0.25, 0.3) is 0 Å². The number of halogens is 1. The van der Waals surface area contributed by atoms with E-state index < -0.39 is 0 Å². The van der Waals surface area contributed by atoms with Crippen molar-refractivity contribution in [3.05, 3.63) is 119 Å². The van der Waals surface area contributed by atoms with Gasteiger partial charge in [-0.1, -0.05) is 105 Å². The van der Waals surface area contributed by atoms with Crippen LogP contribution < -0.4 is 0 Å². The van der Waals surface area contributed by atoms with Crippen LogP contribution in [0.15, 0.2) is 91.0 Å². The standard InChI is InChI=1S/C31H31F/c1-3-7-23-10-12-24(13-11-23)14-15-25-16-18-27(19-17-25)28-20-21-30(31(32)22-28)29-9-6-5-8-26(29)4-2/h5-6,8-13,16-22H,3-4,7,14-15H2,1-2H3. The zero-order chi connectivity index (χ0) is 22.3. The first kappa shape index (κ1) is 22.0. The third-order valence-corrected chi connectivity index (χ3v) is 6.21. The second-order valence-corrected chi connectivity index (χ2v) is 8.47. The van der Waals surface area contributed by atoms with Crippen molar-refractivity contribution in [1.82, 2.24) is 0 Å². The van der Waals surface area contributed by atoms with Gasteiger partial charge < -0.3 is 0 Å². The predicted molar refractivity (Wildman–Crippen MR) is 134 cm³/mol. The van der Waals surface area contributed by atoms with E-state index in [1.807, 2.05) is 30.3 Å². The molecule has 4 aromatic rings. The lowest BCUT2D eigenvalue weighted by Crippen LogP contribution is -1.93. The van der Waals surface area contributed by atoms with Crippen LogP contribution in [-0.4, -0.2) is 0 Å². The summed E-state index contributed by atoms with van der Waals surface area (Å²) >= 11 is 0. The minimum atomic E-state index is -0.168. The second kappa shape index (κ2) is 10.4. The zero-order valence-corrected chi connectivity index (χ0v) is 19.1. The number of hydrogen-bond donors (Lipinski definition) is 0. The molecule has 0 N–H and O–H groups in total. The molecule has 0 fully saturated rings. The molecular formula is C31H31F. The van der Waals surface area contributed by atoms with E-state index in [1.165, 1.54) is 28.7 Å². The molecule has 0 aliphatic rings. The van der Waals surface area contributed by atoms with Crippen molar-refractivity contribution in [1.29, 1.82) is 0 Å². The van der Waals surface area contributed by atoms with E-state index in [1.54, 1.807) is 6.07 Å². The van der Waals surface area contributed by atoms with E-state index in [9.17, 15) is 0 Å². The molecule has 4 rings (SSSR count). The average molecular weight is 423 g/mol. The first-order valence-corrected chi connectivity index (χ1v) is 11.7. The van der Waals surface area contributed by atoms with Crippen molar-refractivity contribution in [3.8, 4) is 22.3 Å². The summed E-state index contributed by atoms with van der Waals surface area (Å²) in [5, 5.41) is 0. The molecule has 0 radical (unpaired) electrons. The third-order valence-electron chi connectivity index (χ3n) is 6.21. The van der Waals surface area contributed by atoms with Crippen LogP contribution >= 0.6 is 0 Å². The first-order chi connectivity index (χ1) is 15.7. The minimum Gasteiger partial charge on any atom is -0.206 e. The molecule has 0 saturated heterocycles. The highest BCUT2D eigenvalue weighted by atomic mass is 19.1. The van der Waals surface area contributed by atoms with Crippen LogP contribution in [0.2, 0.25) is 0 Å². The SMILES string of the molecule is CCCc1ccc(CCc2ccc(-c3ccc(-c4ccccc4CC)c(F)c3)cc2)cc1. The predicted octanol–water partition coefficient (Wildman–Crippen LogP) is 8.46. The van der Waals surface area contributed by atoms with Crippen LogP contribution in [0.1, 0.15) is 42.5 Å². The topological polar surface area (TPSA) is 0 Å². The van der Waals surface area contributed by atoms with Gasteiger partial charge in [0.1, 0.15) is 5.82 Å². The maximum absolute atomic E-state index is 15.0. The fourth-order valence-electron chi connectivity index (χ4n) is 4.32. The van der Waals surface area contributed by atoms with Crippen LogP contribution in [0.5, 0.6) is 0 Å². The molecule has 0 nitrogen and oxygen atoms in total. The molecule has 0 spiro atoms. The van der Waals surface area contributed by atoms with Crippen molar-refractivity contribution in [2.24, 2.45) is 0 Å². The molecule has 162 valence electrons. The van der Waals surface area contributed by atoms with E-state index in [0.29, 0.717) is 5.56 Å². The second-order valence-electron chi connectivity index (χ2n) is 8.47. The number of aryl methyl sites for hydroxylation is 4. The van der Waals surface area contributed by atoms with Gasteiger partial charge in [-0.05, 0) is 70.7 Å². The van der Waals surface area contributed by atoms with E-state index in [4.69, 9.17) is 0 Å². The van der Waals surface area contributed by atoms with Gasteiger partial charge in [-0.25, -0.2) is 4.39 Å². The number of rotatable bonds is 8. The Morgan fingerprint density at radius 3 is 1.72 bits per heavy atom. The van der Waals surface area contributed by atoms with E-state index in [2.05, 4.69) is 68.4 Å². The number of benzene rings is 4. The molecular weight excluding hydrogens is 391 g/mol. The Kier molecular flexibility index (Phi) is 7.17. The lowest BCUT2D eigenvalue weighted by molar-refractivity contribution is 0.631. The highest BCUT2D eigenvalue weighted by Crippen LogP contribution is 2.30. The van der Waals surface area contributed by atoms with Gasteiger partial charge in [0.05, 0.1) is 0 Å². The van der Waals surface area contributed by atoms with Crippen molar-refractivity contribution in [3.63, 3.8) is 0 Å². The van der Waals surface area contributed by atoms with Gasteiger partial charge in [-0.3, -0.25) is 0 Å². The molecule has 0 aliphatic carbocycles. The Morgan fingerprint density at radius 2 is 1.12 bits per heavy atom. The van der Waals surface area contributed by atoms with Gasteiger partial charge in [0.2, 0.25) is 0 Å². The molecule has 0 aliphatic heterocycles. The molecule has 32 heavy (non-hydrogen) atoms. The minimum absolute atomic E-state index is 0.168. The van der Waals surface area contributed by atoms with Crippen molar-refractivity contribution in [2.75, 3.05) is 0 Å².